The zero-order valence-electron chi connectivity index (χ0n) is 16.6. The van der Waals surface area contributed by atoms with Crippen LogP contribution in [0.1, 0.15) is 31.4 Å². The van der Waals surface area contributed by atoms with Crippen LogP contribution < -0.4 is 0 Å². The lowest BCUT2D eigenvalue weighted by Crippen LogP contribution is -2.39. The molecule has 8 heteroatoms. The molecule has 0 spiro atoms. The highest BCUT2D eigenvalue weighted by molar-refractivity contribution is 5.77. The molecule has 0 amide bonds. The van der Waals surface area contributed by atoms with Crippen LogP contribution in [-0.4, -0.2) is 45.9 Å². The minimum absolute atomic E-state index is 0.101. The van der Waals surface area contributed by atoms with E-state index in [1.54, 1.807) is 0 Å². The van der Waals surface area contributed by atoms with E-state index in [0.29, 0.717) is 48.5 Å². The number of esters is 1. The van der Waals surface area contributed by atoms with Crippen LogP contribution in [0, 0.1) is 12.8 Å². The Balaban J connectivity index is 1.50. The Labute approximate surface area is 168 Å². The summed E-state index contributed by atoms with van der Waals surface area (Å²) in [4.78, 5) is 14.2. The van der Waals surface area contributed by atoms with Gasteiger partial charge in [-0.1, -0.05) is 35.5 Å². The molecule has 3 aromatic rings. The molecule has 152 valence electrons. The average Bonchev–Trinajstić information content (AvgIpc) is 3.35. The molecular weight excluding hydrogens is 372 g/mol. The third kappa shape index (κ3) is 4.22. The van der Waals surface area contributed by atoms with E-state index in [0.717, 1.165) is 24.9 Å². The number of benzene rings is 1. The lowest BCUT2D eigenvalue weighted by Gasteiger charge is -2.30. The second-order valence-corrected chi connectivity index (χ2v) is 7.16. The van der Waals surface area contributed by atoms with Crippen molar-refractivity contribution in [3.05, 3.63) is 42.0 Å². The van der Waals surface area contributed by atoms with E-state index in [2.05, 4.69) is 20.3 Å². The predicted molar refractivity (Wildman–Crippen MR) is 105 cm³/mol. The Morgan fingerprint density at radius 3 is 2.90 bits per heavy atom. The molecule has 1 fully saturated rings. The lowest BCUT2D eigenvalue weighted by atomic mass is 9.98. The van der Waals surface area contributed by atoms with Gasteiger partial charge in [-0.2, -0.15) is 0 Å². The fourth-order valence-corrected chi connectivity index (χ4v) is 3.68. The van der Waals surface area contributed by atoms with Crippen molar-refractivity contribution in [2.75, 3.05) is 19.7 Å². The van der Waals surface area contributed by atoms with Crippen LogP contribution in [0.2, 0.25) is 0 Å². The molecule has 0 radical (unpaired) electrons. The molecule has 0 N–H and O–H groups in total. The van der Waals surface area contributed by atoms with Gasteiger partial charge in [-0.15, -0.1) is 10.2 Å². The number of carbonyl (C=O) groups excluding carboxylic acids is 1. The molecule has 0 saturated carbocycles. The molecule has 0 bridgehead atoms. The number of aryl methyl sites for hydroxylation is 1. The van der Waals surface area contributed by atoms with Crippen molar-refractivity contribution in [3.8, 4) is 22.7 Å². The van der Waals surface area contributed by atoms with E-state index >= 15 is 0 Å². The second-order valence-electron chi connectivity index (χ2n) is 7.16. The lowest BCUT2D eigenvalue weighted by molar-refractivity contribution is -0.150. The summed E-state index contributed by atoms with van der Waals surface area (Å²) in [5.41, 5.74) is 2.31. The van der Waals surface area contributed by atoms with E-state index < -0.39 is 0 Å². The van der Waals surface area contributed by atoms with Crippen LogP contribution in [0.15, 0.2) is 39.3 Å². The number of nitrogens with zero attached hydrogens (tertiary/aromatic N) is 4. The summed E-state index contributed by atoms with van der Waals surface area (Å²) in [6.45, 7) is 6.08. The second kappa shape index (κ2) is 8.57. The van der Waals surface area contributed by atoms with Crippen molar-refractivity contribution < 1.29 is 18.5 Å². The summed E-state index contributed by atoms with van der Waals surface area (Å²) in [7, 11) is 0. The van der Waals surface area contributed by atoms with Gasteiger partial charge in [-0.3, -0.25) is 9.69 Å². The summed E-state index contributed by atoms with van der Waals surface area (Å²) in [6, 6.07) is 9.75. The molecule has 8 nitrogen and oxygen atoms in total. The van der Waals surface area contributed by atoms with Crippen molar-refractivity contribution in [1.29, 1.82) is 0 Å². The summed E-state index contributed by atoms with van der Waals surface area (Å²) in [6.07, 6.45) is 1.79. The van der Waals surface area contributed by atoms with Crippen molar-refractivity contribution in [3.63, 3.8) is 0 Å². The summed E-state index contributed by atoms with van der Waals surface area (Å²) in [5, 5.41) is 12.6. The van der Waals surface area contributed by atoms with Gasteiger partial charge < -0.3 is 13.7 Å². The zero-order valence-corrected chi connectivity index (χ0v) is 16.6. The Hall–Kier alpha value is -3.00. The SMILES string of the molecule is CCOC(=O)[C@H]1CCCN(Cc2nnc(-c3c(-c4ccccc4)noc3C)o2)C1. The van der Waals surface area contributed by atoms with Crippen LogP contribution in [0.25, 0.3) is 22.7 Å². The highest BCUT2D eigenvalue weighted by atomic mass is 16.5. The van der Waals surface area contributed by atoms with Crippen molar-refractivity contribution in [1.82, 2.24) is 20.3 Å². The van der Waals surface area contributed by atoms with Gasteiger partial charge >= 0.3 is 5.97 Å². The molecule has 29 heavy (non-hydrogen) atoms. The Kier molecular flexibility index (Phi) is 5.71. The monoisotopic (exact) mass is 396 g/mol. The average molecular weight is 396 g/mol. The number of ether oxygens (including phenoxy) is 1. The quantitative estimate of drug-likeness (QED) is 0.585. The number of piperidine rings is 1. The largest absolute Gasteiger partial charge is 0.466 e. The molecule has 3 heterocycles. The minimum Gasteiger partial charge on any atom is -0.466 e. The molecule has 4 rings (SSSR count). The first-order valence-electron chi connectivity index (χ1n) is 9.89. The normalized spacial score (nSPS) is 17.4. The van der Waals surface area contributed by atoms with E-state index in [9.17, 15) is 4.79 Å². The van der Waals surface area contributed by atoms with Crippen molar-refractivity contribution in [2.45, 2.75) is 33.2 Å². The molecule has 1 aliphatic rings. The fourth-order valence-electron chi connectivity index (χ4n) is 3.68. The minimum atomic E-state index is -0.129. The van der Waals surface area contributed by atoms with Gasteiger partial charge in [-0.25, -0.2) is 0 Å². The molecule has 0 aliphatic carbocycles. The maximum absolute atomic E-state index is 12.0. The predicted octanol–water partition coefficient (Wildman–Crippen LogP) is 3.48. The summed E-state index contributed by atoms with van der Waals surface area (Å²) < 4.78 is 16.5. The van der Waals surface area contributed by atoms with Crippen LogP contribution in [0.3, 0.4) is 0 Å². The van der Waals surface area contributed by atoms with Crippen molar-refractivity contribution >= 4 is 5.97 Å². The summed E-state index contributed by atoms with van der Waals surface area (Å²) >= 11 is 0. The Bertz CT molecular complexity index is 966. The summed E-state index contributed by atoms with van der Waals surface area (Å²) in [5.74, 6) is 1.28. The van der Waals surface area contributed by atoms with Crippen LogP contribution in [0.5, 0.6) is 0 Å². The van der Waals surface area contributed by atoms with Gasteiger partial charge in [0.05, 0.1) is 19.1 Å². The first-order valence-corrected chi connectivity index (χ1v) is 9.89. The number of aromatic nitrogens is 3. The highest BCUT2D eigenvalue weighted by Crippen LogP contribution is 2.33. The van der Waals surface area contributed by atoms with Crippen molar-refractivity contribution in [2.24, 2.45) is 5.92 Å². The van der Waals surface area contributed by atoms with Gasteiger partial charge in [0.15, 0.2) is 0 Å². The zero-order chi connectivity index (χ0) is 20.2. The standard InChI is InChI=1S/C21H24N4O4/c1-3-27-21(26)16-10-7-11-25(12-16)13-17-22-23-20(28-17)18-14(2)29-24-19(18)15-8-5-4-6-9-15/h4-6,8-9,16H,3,7,10-13H2,1-2H3/t16-/m0/s1. The fraction of sp³-hybridized carbons (Fsp3) is 0.429. The Morgan fingerprint density at radius 1 is 1.28 bits per heavy atom. The molecule has 1 aliphatic heterocycles. The van der Waals surface area contributed by atoms with Gasteiger partial charge in [0.25, 0.3) is 5.89 Å². The molecule has 1 aromatic carbocycles. The van der Waals surface area contributed by atoms with E-state index in [-0.39, 0.29) is 11.9 Å². The smallest absolute Gasteiger partial charge is 0.310 e. The van der Waals surface area contributed by atoms with Crippen LogP contribution >= 0.6 is 0 Å². The molecule has 1 atom stereocenters. The van der Waals surface area contributed by atoms with Gasteiger partial charge in [0.2, 0.25) is 5.89 Å². The topological polar surface area (TPSA) is 94.5 Å². The third-order valence-electron chi connectivity index (χ3n) is 5.07. The maximum atomic E-state index is 12.0. The molecular formula is C21H24N4O4. The third-order valence-corrected chi connectivity index (χ3v) is 5.07. The van der Waals surface area contributed by atoms with E-state index in [1.807, 2.05) is 44.2 Å². The number of likely N-dealkylation sites (tertiary alicyclic amines) is 1. The highest BCUT2D eigenvalue weighted by Gasteiger charge is 2.28. The van der Waals surface area contributed by atoms with Crippen LogP contribution in [0.4, 0.5) is 0 Å². The first kappa shape index (κ1) is 19.3. The Morgan fingerprint density at radius 2 is 2.10 bits per heavy atom. The maximum Gasteiger partial charge on any atom is 0.310 e. The number of hydrogen-bond acceptors (Lipinski definition) is 8. The number of hydrogen-bond donors (Lipinski definition) is 0. The number of rotatable bonds is 6. The molecule has 1 saturated heterocycles. The molecule has 0 unspecified atom stereocenters. The molecule has 2 aromatic heterocycles. The van der Waals surface area contributed by atoms with Gasteiger partial charge in [-0.05, 0) is 33.2 Å². The van der Waals surface area contributed by atoms with E-state index in [1.165, 1.54) is 0 Å². The van der Waals surface area contributed by atoms with Gasteiger partial charge in [0, 0.05) is 12.1 Å². The van der Waals surface area contributed by atoms with Gasteiger partial charge in [0.1, 0.15) is 17.0 Å². The van der Waals surface area contributed by atoms with E-state index in [4.69, 9.17) is 13.7 Å². The number of carbonyl (C=O) groups is 1. The van der Waals surface area contributed by atoms with Crippen LogP contribution in [-0.2, 0) is 16.1 Å². The first-order chi connectivity index (χ1) is 14.2.